The van der Waals surface area contributed by atoms with Gasteiger partial charge >= 0.3 is 0 Å². The van der Waals surface area contributed by atoms with Crippen LogP contribution in [-0.2, 0) is 16.6 Å². The molecular weight excluding hydrogens is 356 g/mol. The predicted octanol–water partition coefficient (Wildman–Crippen LogP) is 2.72. The van der Waals surface area contributed by atoms with Crippen LogP contribution in [0, 0.1) is 6.92 Å². The summed E-state index contributed by atoms with van der Waals surface area (Å²) >= 11 is 3.25. The summed E-state index contributed by atoms with van der Waals surface area (Å²) < 4.78 is 23.6. The number of nitrogens with one attached hydrogen (secondary N) is 1. The van der Waals surface area contributed by atoms with Gasteiger partial charge in [-0.05, 0) is 58.2 Å². The minimum Gasteiger partial charge on any atom is -0.507 e. The maximum Gasteiger partial charge on any atom is 0.238 e. The lowest BCUT2D eigenvalue weighted by atomic mass is 10.2. The van der Waals surface area contributed by atoms with Crippen molar-refractivity contribution in [1.29, 1.82) is 0 Å². The fraction of sp³-hybridized carbons (Fsp3) is 0.143. The van der Waals surface area contributed by atoms with Crippen molar-refractivity contribution >= 4 is 31.6 Å². The van der Waals surface area contributed by atoms with E-state index in [2.05, 4.69) is 21.2 Å². The molecular formula is C14H15BrN2O3S. The number of phenols is 1. The molecule has 0 aliphatic heterocycles. The van der Waals surface area contributed by atoms with Crippen molar-refractivity contribution in [2.75, 3.05) is 5.32 Å². The van der Waals surface area contributed by atoms with Gasteiger partial charge in [0.25, 0.3) is 0 Å². The van der Waals surface area contributed by atoms with Gasteiger partial charge < -0.3 is 10.4 Å². The molecule has 2 aromatic rings. The van der Waals surface area contributed by atoms with E-state index < -0.39 is 10.0 Å². The summed E-state index contributed by atoms with van der Waals surface area (Å²) in [6, 6.07) is 10.2. The second-order valence-electron chi connectivity index (χ2n) is 4.66. The van der Waals surface area contributed by atoms with Crippen LogP contribution in [0.5, 0.6) is 5.75 Å². The summed E-state index contributed by atoms with van der Waals surface area (Å²) in [5.41, 5.74) is 2.21. The number of anilines is 1. The van der Waals surface area contributed by atoms with Crippen molar-refractivity contribution in [2.45, 2.75) is 18.4 Å². The van der Waals surface area contributed by atoms with Gasteiger partial charge in [-0.3, -0.25) is 0 Å². The second-order valence-corrected chi connectivity index (χ2v) is 7.05. The van der Waals surface area contributed by atoms with Gasteiger partial charge in [0.1, 0.15) is 5.75 Å². The number of aryl methyl sites for hydroxylation is 1. The highest BCUT2D eigenvalue weighted by Gasteiger charge is 2.12. The number of rotatable bonds is 4. The molecule has 0 aliphatic rings. The molecule has 0 aromatic heterocycles. The number of primary sulfonamides is 1. The van der Waals surface area contributed by atoms with Gasteiger partial charge in [-0.2, -0.15) is 0 Å². The molecule has 0 heterocycles. The van der Waals surface area contributed by atoms with E-state index in [0.29, 0.717) is 22.3 Å². The Morgan fingerprint density at radius 3 is 2.57 bits per heavy atom. The molecule has 0 aliphatic carbocycles. The van der Waals surface area contributed by atoms with Crippen LogP contribution < -0.4 is 10.5 Å². The molecule has 0 bridgehead atoms. The number of phenolic OH excluding ortho intramolecular Hbond substituents is 1. The zero-order chi connectivity index (χ0) is 15.6. The highest BCUT2D eigenvalue weighted by atomic mass is 79.9. The van der Waals surface area contributed by atoms with E-state index >= 15 is 0 Å². The highest BCUT2D eigenvalue weighted by Crippen LogP contribution is 2.25. The molecule has 2 rings (SSSR count). The standard InChI is InChI=1S/C14H15BrN2O3S/c1-9-2-4-11(7-14(9)21(16,19)20)17-8-10-3-5-13(18)12(15)6-10/h2-7,17-18H,8H2,1H3,(H2,16,19,20). The van der Waals surface area contributed by atoms with Gasteiger partial charge in [0.15, 0.2) is 0 Å². The molecule has 2 aromatic carbocycles. The summed E-state index contributed by atoms with van der Waals surface area (Å²) in [6.07, 6.45) is 0. The molecule has 0 unspecified atom stereocenters. The first-order valence-corrected chi connectivity index (χ1v) is 8.46. The first kappa shape index (κ1) is 15.8. The van der Waals surface area contributed by atoms with Crippen molar-refractivity contribution < 1.29 is 13.5 Å². The van der Waals surface area contributed by atoms with Crippen LogP contribution in [0.25, 0.3) is 0 Å². The third-order valence-electron chi connectivity index (χ3n) is 3.00. The van der Waals surface area contributed by atoms with Crippen LogP contribution in [0.2, 0.25) is 0 Å². The number of hydrogen-bond acceptors (Lipinski definition) is 4. The number of hydrogen-bond donors (Lipinski definition) is 3. The quantitative estimate of drug-likeness (QED) is 0.771. The van der Waals surface area contributed by atoms with Crippen LogP contribution in [0.3, 0.4) is 0 Å². The molecule has 0 saturated heterocycles. The second kappa shape index (κ2) is 6.05. The third kappa shape index (κ3) is 3.96. The first-order valence-electron chi connectivity index (χ1n) is 6.12. The van der Waals surface area contributed by atoms with Crippen LogP contribution in [0.4, 0.5) is 5.69 Å². The molecule has 0 saturated carbocycles. The molecule has 0 radical (unpaired) electrons. The monoisotopic (exact) mass is 370 g/mol. The van der Waals surface area contributed by atoms with Crippen LogP contribution in [0.1, 0.15) is 11.1 Å². The molecule has 21 heavy (non-hydrogen) atoms. The smallest absolute Gasteiger partial charge is 0.238 e. The third-order valence-corrected chi connectivity index (χ3v) is 4.69. The lowest BCUT2D eigenvalue weighted by molar-refractivity contribution is 0.471. The Labute approximate surface area is 132 Å². The van der Waals surface area contributed by atoms with E-state index in [0.717, 1.165) is 5.56 Å². The van der Waals surface area contributed by atoms with Crippen molar-refractivity contribution in [2.24, 2.45) is 5.14 Å². The van der Waals surface area contributed by atoms with E-state index in [4.69, 9.17) is 5.14 Å². The van der Waals surface area contributed by atoms with Gasteiger partial charge in [0, 0.05) is 12.2 Å². The number of nitrogens with two attached hydrogens (primary N) is 1. The number of aromatic hydroxyl groups is 1. The largest absolute Gasteiger partial charge is 0.507 e. The molecule has 112 valence electrons. The van der Waals surface area contributed by atoms with E-state index in [1.54, 1.807) is 37.3 Å². The lowest BCUT2D eigenvalue weighted by Crippen LogP contribution is -2.14. The summed E-state index contributed by atoms with van der Waals surface area (Å²) in [7, 11) is -3.73. The highest BCUT2D eigenvalue weighted by molar-refractivity contribution is 9.10. The fourth-order valence-electron chi connectivity index (χ4n) is 1.88. The Kier molecular flexibility index (Phi) is 4.55. The van der Waals surface area contributed by atoms with Gasteiger partial charge in [-0.25, -0.2) is 13.6 Å². The Hall–Kier alpha value is -1.57. The Morgan fingerprint density at radius 1 is 1.24 bits per heavy atom. The van der Waals surface area contributed by atoms with E-state index in [1.807, 2.05) is 0 Å². The fourth-order valence-corrected chi connectivity index (χ4v) is 3.12. The summed E-state index contributed by atoms with van der Waals surface area (Å²) in [4.78, 5) is 0.111. The molecule has 5 nitrogen and oxygen atoms in total. The van der Waals surface area contributed by atoms with Crippen LogP contribution >= 0.6 is 15.9 Å². The average molecular weight is 371 g/mol. The van der Waals surface area contributed by atoms with E-state index in [1.165, 1.54) is 6.07 Å². The molecule has 0 spiro atoms. The SMILES string of the molecule is Cc1ccc(NCc2ccc(O)c(Br)c2)cc1S(N)(=O)=O. The van der Waals surface area contributed by atoms with Crippen LogP contribution in [0.15, 0.2) is 45.8 Å². The Bertz CT molecular complexity index is 776. The van der Waals surface area contributed by atoms with Gasteiger partial charge in [-0.15, -0.1) is 0 Å². The van der Waals surface area contributed by atoms with Crippen molar-refractivity contribution in [1.82, 2.24) is 0 Å². The maximum atomic E-state index is 11.5. The number of benzene rings is 2. The zero-order valence-corrected chi connectivity index (χ0v) is 13.7. The summed E-state index contributed by atoms with van der Waals surface area (Å²) in [5, 5.41) is 17.7. The average Bonchev–Trinajstić information content (AvgIpc) is 2.40. The maximum absolute atomic E-state index is 11.5. The van der Waals surface area contributed by atoms with E-state index in [-0.39, 0.29) is 10.6 Å². The molecule has 0 fully saturated rings. The van der Waals surface area contributed by atoms with Crippen molar-refractivity contribution in [3.63, 3.8) is 0 Å². The van der Waals surface area contributed by atoms with Gasteiger partial charge in [-0.1, -0.05) is 12.1 Å². The summed E-state index contributed by atoms with van der Waals surface area (Å²) in [6.45, 7) is 2.19. The molecule has 4 N–H and O–H groups in total. The Morgan fingerprint density at radius 2 is 1.95 bits per heavy atom. The minimum atomic E-state index is -3.73. The molecule has 0 amide bonds. The lowest BCUT2D eigenvalue weighted by Gasteiger charge is -2.10. The Balaban J connectivity index is 2.19. The van der Waals surface area contributed by atoms with Gasteiger partial charge in [0.2, 0.25) is 10.0 Å². The van der Waals surface area contributed by atoms with Crippen LogP contribution in [-0.4, -0.2) is 13.5 Å². The normalized spacial score (nSPS) is 11.4. The predicted molar refractivity (Wildman–Crippen MR) is 85.7 cm³/mol. The number of halogens is 1. The minimum absolute atomic E-state index is 0.111. The first-order chi connectivity index (χ1) is 9.77. The summed E-state index contributed by atoms with van der Waals surface area (Å²) in [5.74, 6) is 0.172. The van der Waals surface area contributed by atoms with Crippen molar-refractivity contribution in [3.05, 3.63) is 52.0 Å². The van der Waals surface area contributed by atoms with Crippen molar-refractivity contribution in [3.8, 4) is 5.75 Å². The van der Waals surface area contributed by atoms with E-state index in [9.17, 15) is 13.5 Å². The number of sulfonamides is 1. The molecule has 7 heteroatoms. The topological polar surface area (TPSA) is 92.4 Å². The van der Waals surface area contributed by atoms with Gasteiger partial charge in [0.05, 0.1) is 9.37 Å². The zero-order valence-electron chi connectivity index (χ0n) is 11.3. The molecule has 0 atom stereocenters.